The first-order valence-electron chi connectivity index (χ1n) is 5.61. The molecule has 0 saturated carbocycles. The zero-order valence-corrected chi connectivity index (χ0v) is 10.6. The number of nitrogens with zero attached hydrogens (tertiary/aromatic N) is 2. The SMILES string of the molecule is COC(=O)C(C)(C)c1ncc(-c2ccccn2)[nH]1. The van der Waals surface area contributed by atoms with Gasteiger partial charge in [0, 0.05) is 6.20 Å². The van der Waals surface area contributed by atoms with Crippen LogP contribution in [-0.4, -0.2) is 28.0 Å². The fourth-order valence-electron chi connectivity index (χ4n) is 1.64. The first-order valence-corrected chi connectivity index (χ1v) is 5.61. The highest BCUT2D eigenvalue weighted by Crippen LogP contribution is 2.24. The summed E-state index contributed by atoms with van der Waals surface area (Å²) in [6.07, 6.45) is 3.38. The van der Waals surface area contributed by atoms with E-state index in [0.717, 1.165) is 11.4 Å². The summed E-state index contributed by atoms with van der Waals surface area (Å²) in [5.41, 5.74) is 0.765. The van der Waals surface area contributed by atoms with Gasteiger partial charge in [0.1, 0.15) is 11.2 Å². The topological polar surface area (TPSA) is 67.9 Å². The van der Waals surface area contributed by atoms with Crippen LogP contribution in [0.1, 0.15) is 19.7 Å². The summed E-state index contributed by atoms with van der Waals surface area (Å²) >= 11 is 0. The second-order valence-electron chi connectivity index (χ2n) is 4.48. The number of aromatic amines is 1. The van der Waals surface area contributed by atoms with E-state index in [1.807, 2.05) is 18.2 Å². The highest BCUT2D eigenvalue weighted by atomic mass is 16.5. The molecule has 2 rings (SSSR count). The number of imidazole rings is 1. The third kappa shape index (κ3) is 2.11. The van der Waals surface area contributed by atoms with Crippen molar-refractivity contribution < 1.29 is 9.53 Å². The van der Waals surface area contributed by atoms with Gasteiger partial charge in [0.25, 0.3) is 0 Å². The molecule has 0 unspecified atom stereocenters. The Morgan fingerprint density at radius 2 is 2.11 bits per heavy atom. The van der Waals surface area contributed by atoms with Gasteiger partial charge in [-0.1, -0.05) is 6.07 Å². The molecule has 5 nitrogen and oxygen atoms in total. The van der Waals surface area contributed by atoms with Crippen molar-refractivity contribution in [3.63, 3.8) is 0 Å². The maximum atomic E-state index is 11.7. The molecule has 94 valence electrons. The number of carbonyl (C=O) groups is 1. The quantitative estimate of drug-likeness (QED) is 0.839. The minimum Gasteiger partial charge on any atom is -0.468 e. The van der Waals surface area contributed by atoms with Crippen molar-refractivity contribution in [2.24, 2.45) is 0 Å². The number of rotatable bonds is 3. The molecule has 0 atom stereocenters. The van der Waals surface area contributed by atoms with E-state index in [1.54, 1.807) is 26.2 Å². The van der Waals surface area contributed by atoms with E-state index in [0.29, 0.717) is 5.82 Å². The molecule has 0 saturated heterocycles. The number of aromatic nitrogens is 3. The maximum Gasteiger partial charge on any atom is 0.318 e. The number of ether oxygens (including phenoxy) is 1. The smallest absolute Gasteiger partial charge is 0.318 e. The van der Waals surface area contributed by atoms with Gasteiger partial charge >= 0.3 is 5.97 Å². The zero-order chi connectivity index (χ0) is 13.2. The number of hydrogen-bond donors (Lipinski definition) is 1. The lowest BCUT2D eigenvalue weighted by molar-refractivity contribution is -0.146. The van der Waals surface area contributed by atoms with E-state index in [-0.39, 0.29) is 5.97 Å². The molecule has 0 radical (unpaired) electrons. The van der Waals surface area contributed by atoms with Gasteiger partial charge < -0.3 is 9.72 Å². The number of esters is 1. The van der Waals surface area contributed by atoms with Crippen molar-refractivity contribution in [1.29, 1.82) is 0 Å². The summed E-state index contributed by atoms with van der Waals surface area (Å²) in [7, 11) is 1.37. The monoisotopic (exact) mass is 245 g/mol. The van der Waals surface area contributed by atoms with Crippen LogP contribution in [0, 0.1) is 0 Å². The van der Waals surface area contributed by atoms with Crippen molar-refractivity contribution in [3.05, 3.63) is 36.4 Å². The van der Waals surface area contributed by atoms with Crippen molar-refractivity contribution in [1.82, 2.24) is 15.0 Å². The number of methoxy groups -OCH3 is 1. The number of carbonyl (C=O) groups excluding carboxylic acids is 1. The van der Waals surface area contributed by atoms with E-state index in [1.165, 1.54) is 7.11 Å². The summed E-state index contributed by atoms with van der Waals surface area (Å²) in [4.78, 5) is 23.3. The van der Waals surface area contributed by atoms with Gasteiger partial charge in [0.15, 0.2) is 0 Å². The molecule has 0 fully saturated rings. The predicted octanol–water partition coefficient (Wildman–Crippen LogP) is 1.92. The molecular weight excluding hydrogens is 230 g/mol. The van der Waals surface area contributed by atoms with Gasteiger partial charge in [-0.3, -0.25) is 9.78 Å². The molecule has 2 heterocycles. The Labute approximate surface area is 105 Å². The fraction of sp³-hybridized carbons (Fsp3) is 0.308. The molecule has 0 amide bonds. The Morgan fingerprint density at radius 3 is 2.72 bits per heavy atom. The van der Waals surface area contributed by atoms with Crippen molar-refractivity contribution >= 4 is 5.97 Å². The van der Waals surface area contributed by atoms with Gasteiger partial charge in [-0.05, 0) is 26.0 Å². The molecule has 0 aliphatic rings. The van der Waals surface area contributed by atoms with Crippen LogP contribution < -0.4 is 0 Å². The van der Waals surface area contributed by atoms with E-state index in [2.05, 4.69) is 15.0 Å². The zero-order valence-electron chi connectivity index (χ0n) is 10.6. The molecule has 0 aliphatic heterocycles. The molecule has 2 aromatic rings. The first kappa shape index (κ1) is 12.3. The molecule has 1 N–H and O–H groups in total. The third-order valence-electron chi connectivity index (χ3n) is 2.80. The Balaban J connectivity index is 2.34. The standard InChI is InChI=1S/C13H15N3O2/c1-13(2,12(17)18-3)11-15-8-10(16-11)9-6-4-5-7-14-9/h4-8H,1-3H3,(H,15,16). The molecule has 0 aliphatic carbocycles. The summed E-state index contributed by atoms with van der Waals surface area (Å²) in [5, 5.41) is 0. The second kappa shape index (κ2) is 4.60. The predicted molar refractivity (Wildman–Crippen MR) is 66.9 cm³/mol. The van der Waals surface area contributed by atoms with Crippen molar-refractivity contribution in [3.8, 4) is 11.4 Å². The van der Waals surface area contributed by atoms with E-state index < -0.39 is 5.41 Å². The van der Waals surface area contributed by atoms with Crippen LogP contribution in [0.5, 0.6) is 0 Å². The van der Waals surface area contributed by atoms with Crippen LogP contribution in [0.25, 0.3) is 11.4 Å². The Kier molecular flexibility index (Phi) is 3.14. The van der Waals surface area contributed by atoms with Gasteiger partial charge in [0.2, 0.25) is 0 Å². The van der Waals surface area contributed by atoms with Gasteiger partial charge in [-0.2, -0.15) is 0 Å². The highest BCUT2D eigenvalue weighted by Gasteiger charge is 2.34. The Bertz CT molecular complexity index is 546. The molecule has 2 aromatic heterocycles. The summed E-state index contributed by atoms with van der Waals surface area (Å²) in [5.74, 6) is 0.236. The van der Waals surface area contributed by atoms with Gasteiger partial charge in [0.05, 0.1) is 24.7 Å². The highest BCUT2D eigenvalue weighted by molar-refractivity contribution is 5.81. The van der Waals surface area contributed by atoms with Crippen LogP contribution in [0.4, 0.5) is 0 Å². The van der Waals surface area contributed by atoms with E-state index >= 15 is 0 Å². The molecule has 18 heavy (non-hydrogen) atoms. The van der Waals surface area contributed by atoms with Crippen molar-refractivity contribution in [2.45, 2.75) is 19.3 Å². The second-order valence-corrected chi connectivity index (χ2v) is 4.48. The number of pyridine rings is 1. The van der Waals surface area contributed by atoms with E-state index in [4.69, 9.17) is 4.74 Å². The minimum absolute atomic E-state index is 0.329. The van der Waals surface area contributed by atoms with Crippen LogP contribution in [0.3, 0.4) is 0 Å². The fourth-order valence-corrected chi connectivity index (χ4v) is 1.64. The van der Waals surface area contributed by atoms with Crippen LogP contribution in [0.15, 0.2) is 30.6 Å². The van der Waals surface area contributed by atoms with Gasteiger partial charge in [-0.15, -0.1) is 0 Å². The molecule has 0 bridgehead atoms. The lowest BCUT2D eigenvalue weighted by atomic mass is 9.93. The maximum absolute atomic E-state index is 11.7. The van der Waals surface area contributed by atoms with Gasteiger partial charge in [-0.25, -0.2) is 4.98 Å². The Hall–Kier alpha value is -2.17. The number of nitrogens with one attached hydrogen (secondary N) is 1. The lowest BCUT2D eigenvalue weighted by Gasteiger charge is -2.18. The average Bonchev–Trinajstić information content (AvgIpc) is 2.89. The largest absolute Gasteiger partial charge is 0.468 e. The lowest BCUT2D eigenvalue weighted by Crippen LogP contribution is -2.31. The average molecular weight is 245 g/mol. The first-order chi connectivity index (χ1) is 8.55. The van der Waals surface area contributed by atoms with E-state index in [9.17, 15) is 4.79 Å². The number of hydrogen-bond acceptors (Lipinski definition) is 4. The summed E-state index contributed by atoms with van der Waals surface area (Å²) < 4.78 is 4.77. The van der Waals surface area contributed by atoms with Crippen molar-refractivity contribution in [2.75, 3.05) is 7.11 Å². The van der Waals surface area contributed by atoms with Crippen LogP contribution in [0.2, 0.25) is 0 Å². The van der Waals surface area contributed by atoms with Crippen LogP contribution in [-0.2, 0) is 14.9 Å². The summed E-state index contributed by atoms with van der Waals surface area (Å²) in [6.45, 7) is 3.53. The molecular formula is C13H15N3O2. The summed E-state index contributed by atoms with van der Waals surface area (Å²) in [6, 6.07) is 5.62. The minimum atomic E-state index is -0.804. The number of H-pyrrole nitrogens is 1. The third-order valence-corrected chi connectivity index (χ3v) is 2.80. The molecule has 5 heteroatoms. The van der Waals surface area contributed by atoms with Crippen LogP contribution >= 0.6 is 0 Å². The molecule has 0 aromatic carbocycles. The Morgan fingerprint density at radius 1 is 1.33 bits per heavy atom. The molecule has 0 spiro atoms. The normalized spacial score (nSPS) is 11.3.